The van der Waals surface area contributed by atoms with Crippen LogP contribution in [0.1, 0.15) is 5.56 Å². The number of alkyl halides is 3. The molecule has 17 heavy (non-hydrogen) atoms. The summed E-state index contributed by atoms with van der Waals surface area (Å²) in [7, 11) is 0. The minimum absolute atomic E-state index is 0. The van der Waals surface area contributed by atoms with Crippen molar-refractivity contribution in [1.29, 1.82) is 0 Å². The van der Waals surface area contributed by atoms with Gasteiger partial charge in [0, 0.05) is 5.56 Å². The molecule has 0 radical (unpaired) electrons. The number of rotatable bonds is 3. The van der Waals surface area contributed by atoms with Crippen LogP contribution in [0.25, 0.3) is 0 Å². The Morgan fingerprint density at radius 1 is 1.24 bits per heavy atom. The van der Waals surface area contributed by atoms with E-state index >= 15 is 0 Å². The van der Waals surface area contributed by atoms with Crippen molar-refractivity contribution in [3.05, 3.63) is 35.9 Å². The molecule has 0 aliphatic carbocycles. The van der Waals surface area contributed by atoms with Crippen LogP contribution in [-0.4, -0.2) is 24.4 Å². The molecule has 1 aromatic carbocycles. The molecule has 0 fully saturated rings. The van der Waals surface area contributed by atoms with Gasteiger partial charge in [-0.3, -0.25) is 4.99 Å². The average molecular weight is 269 g/mol. The van der Waals surface area contributed by atoms with Crippen LogP contribution in [0.4, 0.5) is 13.2 Å². The van der Waals surface area contributed by atoms with Crippen LogP contribution in [0, 0.1) is 0 Å². The summed E-state index contributed by atoms with van der Waals surface area (Å²) in [6.45, 7) is -1.01. The van der Waals surface area contributed by atoms with Gasteiger partial charge in [0.15, 0.2) is 0 Å². The van der Waals surface area contributed by atoms with Crippen LogP contribution >= 0.6 is 0 Å². The van der Waals surface area contributed by atoms with Gasteiger partial charge in [0.1, 0.15) is 5.71 Å². The maximum absolute atomic E-state index is 12.5. The Hall–Kier alpha value is -0.214. The third kappa shape index (κ3) is 5.78. The zero-order chi connectivity index (χ0) is 12.2. The zero-order valence-electron chi connectivity index (χ0n) is 8.99. The van der Waals surface area contributed by atoms with Gasteiger partial charge in [-0.05, 0) is 0 Å². The Balaban J connectivity index is 0.00000256. The van der Waals surface area contributed by atoms with E-state index in [2.05, 4.69) is 4.99 Å². The number of aliphatic carboxylic acids is 1. The number of carboxylic acid groups (broad SMARTS) is 1. The number of hydrogen-bond donors (Lipinski definition) is 0. The van der Waals surface area contributed by atoms with Gasteiger partial charge in [0.2, 0.25) is 0 Å². The van der Waals surface area contributed by atoms with Gasteiger partial charge in [-0.25, -0.2) is 0 Å². The first-order valence-electron chi connectivity index (χ1n) is 4.28. The normalized spacial score (nSPS) is 11.8. The summed E-state index contributed by atoms with van der Waals surface area (Å²) in [5.41, 5.74) is -1.38. The first kappa shape index (κ1) is 16.8. The molecule has 0 saturated carbocycles. The number of hydrogen-bond acceptors (Lipinski definition) is 3. The molecule has 0 atom stereocenters. The molecular formula is C10H7F3KNO2. The van der Waals surface area contributed by atoms with Crippen molar-refractivity contribution in [3.8, 4) is 0 Å². The quantitative estimate of drug-likeness (QED) is 0.461. The minimum atomic E-state index is -4.68. The van der Waals surface area contributed by atoms with Gasteiger partial charge in [0.05, 0.1) is 12.5 Å². The molecule has 1 rings (SSSR count). The number of aliphatic imine (C=N–C) groups is 1. The van der Waals surface area contributed by atoms with Crippen molar-refractivity contribution in [2.45, 2.75) is 6.18 Å². The second-order valence-corrected chi connectivity index (χ2v) is 2.90. The van der Waals surface area contributed by atoms with Crippen LogP contribution < -0.4 is 56.5 Å². The number of carboxylic acids is 1. The summed E-state index contributed by atoms with van der Waals surface area (Å²) in [5.74, 6) is -1.65. The van der Waals surface area contributed by atoms with E-state index in [0.29, 0.717) is 0 Å². The summed E-state index contributed by atoms with van der Waals surface area (Å²) in [4.78, 5) is 13.1. The van der Waals surface area contributed by atoms with E-state index in [1.54, 1.807) is 6.07 Å². The average Bonchev–Trinajstić information content (AvgIpc) is 2.17. The molecule has 0 saturated heterocycles. The molecule has 86 valence electrons. The van der Waals surface area contributed by atoms with Gasteiger partial charge in [-0.2, -0.15) is 13.2 Å². The molecule has 0 aromatic heterocycles. The molecule has 7 heteroatoms. The Labute approximate surface area is 138 Å². The van der Waals surface area contributed by atoms with E-state index in [1.807, 2.05) is 0 Å². The van der Waals surface area contributed by atoms with E-state index in [9.17, 15) is 23.1 Å². The molecular weight excluding hydrogens is 262 g/mol. The first-order valence-corrected chi connectivity index (χ1v) is 4.28. The van der Waals surface area contributed by atoms with Gasteiger partial charge in [-0.15, -0.1) is 0 Å². The Morgan fingerprint density at radius 2 is 1.76 bits per heavy atom. The standard InChI is InChI=1S/C10H8F3NO2.K/c11-10(12,13)9(14-6-8(15)16)7-4-2-1-3-5-7;/h1-5H,6H2,(H,15,16);/q;+1/p-1. The second-order valence-electron chi connectivity index (χ2n) is 2.90. The fourth-order valence-corrected chi connectivity index (χ4v) is 1.08. The number of nitrogens with zero attached hydrogens (tertiary/aromatic N) is 1. The molecule has 0 bridgehead atoms. The van der Waals surface area contributed by atoms with Gasteiger partial charge >= 0.3 is 57.6 Å². The summed E-state index contributed by atoms with van der Waals surface area (Å²) >= 11 is 0. The van der Waals surface area contributed by atoms with Crippen LogP contribution in [0.5, 0.6) is 0 Å². The summed E-state index contributed by atoms with van der Waals surface area (Å²) < 4.78 is 37.5. The van der Waals surface area contributed by atoms with Crippen molar-refractivity contribution in [2.75, 3.05) is 6.54 Å². The van der Waals surface area contributed by atoms with Gasteiger partial charge in [-0.1, -0.05) is 30.3 Å². The topological polar surface area (TPSA) is 52.5 Å². The van der Waals surface area contributed by atoms with Gasteiger partial charge < -0.3 is 9.90 Å². The molecule has 0 aliphatic rings. The Morgan fingerprint density at radius 3 is 2.18 bits per heavy atom. The molecule has 3 nitrogen and oxygen atoms in total. The molecule has 0 unspecified atom stereocenters. The van der Waals surface area contributed by atoms with E-state index in [1.165, 1.54) is 24.3 Å². The second kappa shape index (κ2) is 7.27. The van der Waals surface area contributed by atoms with Crippen molar-refractivity contribution >= 4 is 11.7 Å². The maximum Gasteiger partial charge on any atom is 1.00 e. The van der Waals surface area contributed by atoms with Crippen LogP contribution in [0.2, 0.25) is 0 Å². The number of carbonyl (C=O) groups is 1. The number of halogens is 3. The largest absolute Gasteiger partial charge is 1.00 e. The van der Waals surface area contributed by atoms with Crippen molar-refractivity contribution < 1.29 is 74.5 Å². The van der Waals surface area contributed by atoms with Crippen LogP contribution in [0.3, 0.4) is 0 Å². The Bertz CT molecular complexity index is 404. The summed E-state index contributed by atoms with van der Waals surface area (Å²) in [5, 5.41) is 10.1. The molecule has 0 aliphatic heterocycles. The SMILES string of the molecule is O=C([O-])CN=C(c1ccccc1)C(F)(F)F.[K+]. The molecule has 0 heterocycles. The number of benzene rings is 1. The third-order valence-corrected chi connectivity index (χ3v) is 1.68. The maximum atomic E-state index is 12.5. The first-order chi connectivity index (χ1) is 7.41. The zero-order valence-corrected chi connectivity index (χ0v) is 12.1. The van der Waals surface area contributed by atoms with E-state index in [4.69, 9.17) is 0 Å². The molecule has 1 aromatic rings. The molecule has 0 amide bonds. The van der Waals surface area contributed by atoms with Crippen molar-refractivity contribution in [3.63, 3.8) is 0 Å². The van der Waals surface area contributed by atoms with Crippen LogP contribution in [0.15, 0.2) is 35.3 Å². The smallest absolute Gasteiger partial charge is 0.548 e. The predicted octanol–water partition coefficient (Wildman–Crippen LogP) is -2.21. The Kier molecular flexibility index (Phi) is 7.18. The van der Waals surface area contributed by atoms with E-state index in [-0.39, 0.29) is 56.9 Å². The van der Waals surface area contributed by atoms with Crippen molar-refractivity contribution in [2.24, 2.45) is 4.99 Å². The number of carbonyl (C=O) groups excluding carboxylic acids is 1. The fourth-order valence-electron chi connectivity index (χ4n) is 1.08. The third-order valence-electron chi connectivity index (χ3n) is 1.68. The fraction of sp³-hybridized carbons (Fsp3) is 0.200. The molecule has 0 N–H and O–H groups in total. The van der Waals surface area contributed by atoms with E-state index in [0.717, 1.165) is 0 Å². The van der Waals surface area contributed by atoms with Crippen molar-refractivity contribution in [1.82, 2.24) is 0 Å². The minimum Gasteiger partial charge on any atom is -0.548 e. The van der Waals surface area contributed by atoms with E-state index < -0.39 is 24.4 Å². The summed E-state index contributed by atoms with van der Waals surface area (Å²) in [6.07, 6.45) is -4.68. The van der Waals surface area contributed by atoms with Gasteiger partial charge in [0.25, 0.3) is 0 Å². The monoisotopic (exact) mass is 269 g/mol. The molecule has 0 spiro atoms. The van der Waals surface area contributed by atoms with Crippen LogP contribution in [-0.2, 0) is 4.79 Å². The predicted molar refractivity (Wildman–Crippen MR) is 48.9 cm³/mol. The summed E-state index contributed by atoms with van der Waals surface area (Å²) in [6, 6.07) is 6.80.